The van der Waals surface area contributed by atoms with Gasteiger partial charge in [-0.15, -0.1) is 11.3 Å². The largest absolute Gasteiger partial charge is 0.426 e. The molecule has 0 unspecified atom stereocenters. The highest BCUT2D eigenvalue weighted by Crippen LogP contribution is 2.32. The van der Waals surface area contributed by atoms with E-state index in [-0.39, 0.29) is 17.8 Å². The molecule has 7 nitrogen and oxygen atoms in total. The number of carbonyl (C=O) groups is 3. The van der Waals surface area contributed by atoms with Gasteiger partial charge in [-0.3, -0.25) is 19.3 Å². The number of hydrogen-bond acceptors (Lipinski definition) is 6. The van der Waals surface area contributed by atoms with Crippen molar-refractivity contribution in [2.75, 3.05) is 19.6 Å². The molecule has 1 aliphatic carbocycles. The van der Waals surface area contributed by atoms with E-state index < -0.39 is 0 Å². The molecule has 1 aromatic heterocycles. The molecule has 1 aliphatic rings. The van der Waals surface area contributed by atoms with Crippen LogP contribution >= 0.6 is 11.3 Å². The Hall–Kier alpha value is -2.71. The van der Waals surface area contributed by atoms with E-state index in [1.165, 1.54) is 67.4 Å². The highest BCUT2D eigenvalue weighted by atomic mass is 32.1. The van der Waals surface area contributed by atoms with Gasteiger partial charge in [-0.1, -0.05) is 96.8 Å². The Morgan fingerprint density at radius 3 is 2.19 bits per heavy atom. The van der Waals surface area contributed by atoms with Crippen LogP contribution in [0.25, 0.3) is 0 Å². The molecule has 0 aliphatic heterocycles. The second kappa shape index (κ2) is 26.2. The van der Waals surface area contributed by atoms with Crippen molar-refractivity contribution in [2.45, 2.75) is 155 Å². The van der Waals surface area contributed by atoms with Gasteiger partial charge in [-0.05, 0) is 86.6 Å². The third-order valence-electron chi connectivity index (χ3n) is 9.11. The molecule has 0 saturated carbocycles. The number of amides is 2. The predicted molar refractivity (Wildman–Crippen MR) is 201 cm³/mol. The lowest BCUT2D eigenvalue weighted by Gasteiger charge is -2.35. The molecule has 1 heterocycles. The van der Waals surface area contributed by atoms with Crippen molar-refractivity contribution >= 4 is 29.1 Å². The Balaban J connectivity index is 0.000000340. The third kappa shape index (κ3) is 18.2. The van der Waals surface area contributed by atoms with Gasteiger partial charge in [0.25, 0.3) is 0 Å². The maximum atomic E-state index is 11.7. The minimum atomic E-state index is -0.186. The third-order valence-corrected chi connectivity index (χ3v) is 10.0. The second-order valence-corrected chi connectivity index (χ2v) is 14.2. The van der Waals surface area contributed by atoms with E-state index in [1.54, 1.807) is 0 Å². The van der Waals surface area contributed by atoms with Crippen molar-refractivity contribution in [3.63, 3.8) is 0 Å². The Kier molecular flexibility index (Phi) is 22.6. The summed E-state index contributed by atoms with van der Waals surface area (Å²) in [5.74, 6) is 0.650. The minimum Gasteiger partial charge on any atom is -0.426 e. The van der Waals surface area contributed by atoms with E-state index in [0.29, 0.717) is 25.3 Å². The fourth-order valence-corrected chi connectivity index (χ4v) is 7.04. The standard InChI is InChI=1S/C22H29NO2S.C18H36N2O2/c1-3-13-23(14-12-19-8-6-15-26-19)18-10-11-20-17(16-18)7-5-9-21(20)25-22(24)4-2;1-2-3-13-16-20-18(22)15-12-10-8-6-4-5-7-9-11-14-17(19)21/h5-9,15,18H,3-4,10-14,16H2,1-2H3;2-16H2,1H3,(H2,19,21)(H,20,22)/t18-;/m1./s1. The topological polar surface area (TPSA) is 102 Å². The summed E-state index contributed by atoms with van der Waals surface area (Å²) in [6, 6.07) is 11.1. The van der Waals surface area contributed by atoms with Crippen molar-refractivity contribution in [3.05, 3.63) is 51.7 Å². The van der Waals surface area contributed by atoms with Crippen molar-refractivity contribution in [1.82, 2.24) is 10.2 Å². The highest BCUT2D eigenvalue weighted by molar-refractivity contribution is 7.09. The summed E-state index contributed by atoms with van der Waals surface area (Å²) in [7, 11) is 0. The van der Waals surface area contributed by atoms with E-state index in [9.17, 15) is 14.4 Å². The Labute approximate surface area is 295 Å². The summed E-state index contributed by atoms with van der Waals surface area (Å²) in [6.07, 6.45) is 21.0. The fraction of sp³-hybridized carbons (Fsp3) is 0.675. The molecule has 48 heavy (non-hydrogen) atoms. The molecule has 0 radical (unpaired) electrons. The zero-order chi connectivity index (χ0) is 34.8. The van der Waals surface area contributed by atoms with E-state index in [1.807, 2.05) is 30.4 Å². The minimum absolute atomic E-state index is 0.149. The smallest absolute Gasteiger partial charge is 0.310 e. The molecule has 3 rings (SSSR count). The zero-order valence-corrected chi connectivity index (χ0v) is 31.2. The lowest BCUT2D eigenvalue weighted by Crippen LogP contribution is -2.41. The normalized spacial score (nSPS) is 13.8. The highest BCUT2D eigenvalue weighted by Gasteiger charge is 2.26. The number of hydrogen-bond donors (Lipinski definition) is 2. The monoisotopic (exact) mass is 683 g/mol. The van der Waals surface area contributed by atoms with Crippen LogP contribution < -0.4 is 15.8 Å². The number of unbranched alkanes of at least 4 members (excludes halogenated alkanes) is 10. The molecule has 0 spiro atoms. The van der Waals surface area contributed by atoms with E-state index in [0.717, 1.165) is 83.2 Å². The molecule has 2 amide bonds. The molecule has 3 N–H and O–H groups in total. The van der Waals surface area contributed by atoms with E-state index in [4.69, 9.17) is 10.5 Å². The molecule has 1 aromatic carbocycles. The number of carbonyl (C=O) groups excluding carboxylic acids is 3. The van der Waals surface area contributed by atoms with Gasteiger partial charge < -0.3 is 15.8 Å². The lowest BCUT2D eigenvalue weighted by atomic mass is 9.86. The van der Waals surface area contributed by atoms with Gasteiger partial charge in [-0.25, -0.2) is 0 Å². The van der Waals surface area contributed by atoms with Crippen LogP contribution in [0.3, 0.4) is 0 Å². The van der Waals surface area contributed by atoms with E-state index >= 15 is 0 Å². The van der Waals surface area contributed by atoms with Gasteiger partial charge in [0.15, 0.2) is 0 Å². The number of esters is 1. The van der Waals surface area contributed by atoms with Gasteiger partial charge in [0.2, 0.25) is 11.8 Å². The van der Waals surface area contributed by atoms with Crippen LogP contribution in [0.2, 0.25) is 0 Å². The van der Waals surface area contributed by atoms with E-state index in [2.05, 4.69) is 47.6 Å². The van der Waals surface area contributed by atoms with Crippen molar-refractivity contribution < 1.29 is 19.1 Å². The molecule has 8 heteroatoms. The number of primary amides is 1. The number of ether oxygens (including phenoxy) is 1. The van der Waals surface area contributed by atoms with Crippen LogP contribution in [-0.2, 0) is 33.6 Å². The van der Waals surface area contributed by atoms with Crippen LogP contribution in [0, 0.1) is 0 Å². The first-order valence-corrected chi connectivity index (χ1v) is 19.9. The maximum Gasteiger partial charge on any atom is 0.310 e. The molecule has 2 aromatic rings. The van der Waals surface area contributed by atoms with Crippen LogP contribution in [-0.4, -0.2) is 48.4 Å². The van der Waals surface area contributed by atoms with Gasteiger partial charge in [0, 0.05) is 43.3 Å². The number of thiophene rings is 1. The van der Waals surface area contributed by atoms with Gasteiger partial charge in [0.1, 0.15) is 5.75 Å². The quantitative estimate of drug-likeness (QED) is 0.0654. The Morgan fingerprint density at radius 2 is 1.56 bits per heavy atom. The fourth-order valence-electron chi connectivity index (χ4n) is 6.34. The molecule has 1 atom stereocenters. The second-order valence-electron chi connectivity index (χ2n) is 13.2. The number of fused-ring (bicyclic) bond motifs is 1. The van der Waals surface area contributed by atoms with Gasteiger partial charge in [-0.2, -0.15) is 0 Å². The number of rotatable bonds is 24. The average molecular weight is 684 g/mol. The average Bonchev–Trinajstić information content (AvgIpc) is 3.61. The summed E-state index contributed by atoms with van der Waals surface area (Å²) in [4.78, 5) is 37.9. The Bertz CT molecular complexity index is 1150. The van der Waals surface area contributed by atoms with Crippen LogP contribution in [0.15, 0.2) is 35.7 Å². The molecule has 0 saturated heterocycles. The summed E-state index contributed by atoms with van der Waals surface area (Å²) >= 11 is 1.85. The Morgan fingerprint density at radius 1 is 0.854 bits per heavy atom. The first-order chi connectivity index (χ1) is 23.4. The number of nitrogens with zero attached hydrogens (tertiary/aromatic N) is 1. The number of benzene rings is 1. The predicted octanol–water partition coefficient (Wildman–Crippen LogP) is 8.94. The first-order valence-electron chi connectivity index (χ1n) is 19.0. The molecule has 0 bridgehead atoms. The van der Waals surface area contributed by atoms with Crippen molar-refractivity contribution in [1.29, 1.82) is 0 Å². The lowest BCUT2D eigenvalue weighted by molar-refractivity contribution is -0.134. The SMILES string of the molecule is CCCCCNC(=O)CCCCCCCCCCCC(N)=O.CCCN(CCc1cccs1)[C@@H]1CCc2c(cccc2OC(=O)CC)C1. The van der Waals surface area contributed by atoms with Crippen molar-refractivity contribution in [3.8, 4) is 5.75 Å². The zero-order valence-electron chi connectivity index (χ0n) is 30.4. The van der Waals surface area contributed by atoms with Crippen LogP contribution in [0.1, 0.15) is 146 Å². The molecular weight excluding hydrogens is 619 g/mol. The van der Waals surface area contributed by atoms with Gasteiger partial charge in [0.05, 0.1) is 0 Å². The summed E-state index contributed by atoms with van der Waals surface area (Å²) < 4.78 is 5.55. The summed E-state index contributed by atoms with van der Waals surface area (Å²) in [5, 5.41) is 5.15. The maximum absolute atomic E-state index is 11.7. The van der Waals surface area contributed by atoms with Crippen molar-refractivity contribution in [2.24, 2.45) is 5.73 Å². The first kappa shape index (κ1) is 41.5. The van der Waals surface area contributed by atoms with Crippen LogP contribution in [0.5, 0.6) is 5.75 Å². The molecule has 0 fully saturated rings. The summed E-state index contributed by atoms with van der Waals surface area (Å²) in [5.41, 5.74) is 7.68. The van der Waals surface area contributed by atoms with Gasteiger partial charge >= 0.3 is 5.97 Å². The number of nitrogens with one attached hydrogen (secondary N) is 1. The molecule has 270 valence electrons. The molecular formula is C40H65N3O4S. The number of nitrogens with two attached hydrogens (primary N) is 1. The van der Waals surface area contributed by atoms with Crippen LogP contribution in [0.4, 0.5) is 0 Å². The summed E-state index contributed by atoms with van der Waals surface area (Å²) in [6.45, 7) is 9.38.